The van der Waals surface area contributed by atoms with E-state index in [1.165, 1.54) is 6.26 Å². The largest absolute Gasteiger partial charge is 0.467 e. The van der Waals surface area contributed by atoms with Gasteiger partial charge in [-0.15, -0.1) is 0 Å². The highest BCUT2D eigenvalue weighted by Crippen LogP contribution is 2.12. The average Bonchev–Trinajstić information content (AvgIpc) is 2.87. The van der Waals surface area contributed by atoms with Crippen LogP contribution in [0.4, 0.5) is 0 Å². The fourth-order valence-corrected chi connectivity index (χ4v) is 1.44. The summed E-state index contributed by atoms with van der Waals surface area (Å²) in [5.74, 6) is 5.23. The van der Waals surface area contributed by atoms with Gasteiger partial charge in [0.1, 0.15) is 5.76 Å². The van der Waals surface area contributed by atoms with Crippen molar-refractivity contribution in [1.29, 1.82) is 0 Å². The third-order valence-electron chi connectivity index (χ3n) is 2.19. The van der Waals surface area contributed by atoms with E-state index in [-0.39, 0.29) is 5.91 Å². The number of nitrogens with one attached hydrogen (secondary N) is 1. The van der Waals surface area contributed by atoms with Crippen LogP contribution >= 0.6 is 0 Å². The lowest BCUT2D eigenvalue weighted by atomic mass is 10.2. The molecule has 2 heterocycles. The number of aryl methyl sites for hydroxylation is 1. The van der Waals surface area contributed by atoms with Gasteiger partial charge in [0.25, 0.3) is 5.91 Å². The highest BCUT2D eigenvalue weighted by molar-refractivity contribution is 5.94. The lowest BCUT2D eigenvalue weighted by Crippen LogP contribution is -2.30. The third-order valence-corrected chi connectivity index (χ3v) is 2.19. The first kappa shape index (κ1) is 10.4. The molecule has 0 saturated heterocycles. The zero-order valence-corrected chi connectivity index (χ0v) is 8.80. The maximum Gasteiger partial charge on any atom is 0.268 e. The van der Waals surface area contributed by atoms with Crippen molar-refractivity contribution in [2.75, 3.05) is 0 Å². The normalized spacial score (nSPS) is 10.4. The minimum absolute atomic E-state index is 0.368. The van der Waals surface area contributed by atoms with Crippen LogP contribution in [-0.4, -0.2) is 15.7 Å². The number of furan rings is 1. The number of aromatic nitrogens is 2. The molecule has 0 aromatic carbocycles. The predicted octanol–water partition coefficient (Wildman–Crippen LogP) is 0.436. The van der Waals surface area contributed by atoms with Crippen LogP contribution in [-0.2, 0) is 6.54 Å². The van der Waals surface area contributed by atoms with Gasteiger partial charge in [-0.2, -0.15) is 5.10 Å². The maximum absolute atomic E-state index is 11.4. The minimum Gasteiger partial charge on any atom is -0.467 e. The van der Waals surface area contributed by atoms with Gasteiger partial charge >= 0.3 is 0 Å². The van der Waals surface area contributed by atoms with Crippen LogP contribution in [0.3, 0.4) is 0 Å². The van der Waals surface area contributed by atoms with Crippen molar-refractivity contribution in [2.24, 2.45) is 5.84 Å². The molecule has 2 aromatic heterocycles. The molecule has 0 fully saturated rings. The molecule has 16 heavy (non-hydrogen) atoms. The summed E-state index contributed by atoms with van der Waals surface area (Å²) in [5, 5.41) is 4.11. The Hall–Kier alpha value is -2.08. The Balaban J connectivity index is 2.22. The van der Waals surface area contributed by atoms with Gasteiger partial charge in [-0.3, -0.25) is 14.9 Å². The van der Waals surface area contributed by atoms with E-state index in [1.54, 1.807) is 16.9 Å². The molecular weight excluding hydrogens is 208 g/mol. The van der Waals surface area contributed by atoms with Gasteiger partial charge in [-0.1, -0.05) is 0 Å². The summed E-state index contributed by atoms with van der Waals surface area (Å²) in [6.07, 6.45) is 5.06. The molecule has 2 aromatic rings. The summed E-state index contributed by atoms with van der Waals surface area (Å²) >= 11 is 0. The molecule has 6 heteroatoms. The van der Waals surface area contributed by atoms with Crippen LogP contribution in [0.5, 0.6) is 0 Å². The highest BCUT2D eigenvalue weighted by atomic mass is 16.3. The van der Waals surface area contributed by atoms with Gasteiger partial charge in [-0.05, 0) is 18.6 Å². The Bertz CT molecular complexity index is 500. The van der Waals surface area contributed by atoms with Gasteiger partial charge in [0.2, 0.25) is 0 Å². The number of nitrogens with two attached hydrogens (primary N) is 1. The Morgan fingerprint density at radius 3 is 3.12 bits per heavy atom. The summed E-state index contributed by atoms with van der Waals surface area (Å²) < 4.78 is 6.92. The Morgan fingerprint density at radius 1 is 1.69 bits per heavy atom. The molecule has 0 unspecified atom stereocenters. The van der Waals surface area contributed by atoms with Crippen molar-refractivity contribution in [3.8, 4) is 0 Å². The quantitative estimate of drug-likeness (QED) is 0.446. The second-order valence-electron chi connectivity index (χ2n) is 3.45. The number of nitrogens with zero attached hydrogens (tertiary/aromatic N) is 2. The average molecular weight is 220 g/mol. The van der Waals surface area contributed by atoms with Crippen molar-refractivity contribution < 1.29 is 9.21 Å². The van der Waals surface area contributed by atoms with Gasteiger partial charge < -0.3 is 4.42 Å². The molecule has 0 saturated carbocycles. The lowest BCUT2D eigenvalue weighted by molar-refractivity contribution is 0.0951. The number of hydrazine groups is 1. The number of carbonyl (C=O) groups is 1. The van der Waals surface area contributed by atoms with Crippen LogP contribution in [0.2, 0.25) is 0 Å². The lowest BCUT2D eigenvalue weighted by Gasteiger charge is -2.01. The fourth-order valence-electron chi connectivity index (χ4n) is 1.44. The van der Waals surface area contributed by atoms with Crippen molar-refractivity contribution in [3.63, 3.8) is 0 Å². The molecule has 2 rings (SSSR count). The standard InChI is InChI=1S/C10H12N4O2/c1-7-4-12-14(5-7)6-9-8(2-3-16-9)10(15)13-11/h2-5H,6,11H2,1H3,(H,13,15). The molecule has 0 bridgehead atoms. The molecule has 84 valence electrons. The first-order valence-electron chi connectivity index (χ1n) is 4.77. The molecule has 6 nitrogen and oxygen atoms in total. The zero-order valence-electron chi connectivity index (χ0n) is 8.80. The first-order valence-corrected chi connectivity index (χ1v) is 4.77. The predicted molar refractivity (Wildman–Crippen MR) is 56.4 cm³/mol. The Morgan fingerprint density at radius 2 is 2.50 bits per heavy atom. The second-order valence-corrected chi connectivity index (χ2v) is 3.45. The van der Waals surface area contributed by atoms with E-state index in [1.807, 2.05) is 13.1 Å². The SMILES string of the molecule is Cc1cnn(Cc2occc2C(=O)NN)c1. The molecule has 0 radical (unpaired) electrons. The van der Waals surface area contributed by atoms with Crippen molar-refractivity contribution in [2.45, 2.75) is 13.5 Å². The number of hydrogen-bond acceptors (Lipinski definition) is 4. The molecule has 1 amide bonds. The number of amides is 1. The second kappa shape index (κ2) is 4.19. The summed E-state index contributed by atoms with van der Waals surface area (Å²) in [6, 6.07) is 1.58. The van der Waals surface area contributed by atoms with Crippen molar-refractivity contribution >= 4 is 5.91 Å². The summed E-state index contributed by atoms with van der Waals surface area (Å²) in [4.78, 5) is 11.4. The van der Waals surface area contributed by atoms with Crippen LogP contribution in [0.15, 0.2) is 29.1 Å². The van der Waals surface area contributed by atoms with Gasteiger partial charge in [0.05, 0.1) is 24.6 Å². The van der Waals surface area contributed by atoms with E-state index in [2.05, 4.69) is 10.5 Å². The molecule has 0 aliphatic carbocycles. The monoisotopic (exact) mass is 220 g/mol. The Kier molecular flexibility index (Phi) is 2.74. The number of hydrogen-bond donors (Lipinski definition) is 2. The van der Waals surface area contributed by atoms with Crippen LogP contribution in [0.1, 0.15) is 21.7 Å². The molecular formula is C10H12N4O2. The van der Waals surface area contributed by atoms with E-state index in [4.69, 9.17) is 10.3 Å². The van der Waals surface area contributed by atoms with E-state index in [9.17, 15) is 4.79 Å². The maximum atomic E-state index is 11.4. The number of rotatable bonds is 3. The van der Waals surface area contributed by atoms with Crippen molar-refractivity contribution in [3.05, 3.63) is 41.6 Å². The highest BCUT2D eigenvalue weighted by Gasteiger charge is 2.13. The summed E-state index contributed by atoms with van der Waals surface area (Å²) in [5.41, 5.74) is 3.55. The van der Waals surface area contributed by atoms with E-state index in [0.29, 0.717) is 17.9 Å². The Labute approximate surface area is 92.0 Å². The molecule has 3 N–H and O–H groups in total. The van der Waals surface area contributed by atoms with Gasteiger partial charge in [-0.25, -0.2) is 5.84 Å². The molecule has 0 aliphatic rings. The number of carbonyl (C=O) groups excluding carboxylic acids is 1. The van der Waals surface area contributed by atoms with Gasteiger partial charge in [0, 0.05) is 6.20 Å². The van der Waals surface area contributed by atoms with Crippen LogP contribution < -0.4 is 11.3 Å². The molecule has 0 atom stereocenters. The minimum atomic E-state index is -0.368. The summed E-state index contributed by atoms with van der Waals surface area (Å²) in [7, 11) is 0. The van der Waals surface area contributed by atoms with E-state index >= 15 is 0 Å². The topological polar surface area (TPSA) is 86.1 Å². The molecule has 0 aliphatic heterocycles. The summed E-state index contributed by atoms with van der Waals surface area (Å²) in [6.45, 7) is 2.35. The number of nitrogen functional groups attached to an aromatic ring is 1. The van der Waals surface area contributed by atoms with Crippen LogP contribution in [0, 0.1) is 6.92 Å². The smallest absolute Gasteiger partial charge is 0.268 e. The fraction of sp³-hybridized carbons (Fsp3) is 0.200. The zero-order chi connectivity index (χ0) is 11.5. The third kappa shape index (κ3) is 1.96. The van der Waals surface area contributed by atoms with E-state index < -0.39 is 0 Å². The first-order chi connectivity index (χ1) is 7.70. The van der Waals surface area contributed by atoms with E-state index in [0.717, 1.165) is 5.56 Å². The van der Waals surface area contributed by atoms with Crippen molar-refractivity contribution in [1.82, 2.24) is 15.2 Å². The molecule has 0 spiro atoms. The van der Waals surface area contributed by atoms with Crippen LogP contribution in [0.25, 0.3) is 0 Å². The van der Waals surface area contributed by atoms with Gasteiger partial charge in [0.15, 0.2) is 0 Å².